The molecule has 134 valence electrons. The van der Waals surface area contributed by atoms with Crippen molar-refractivity contribution in [2.75, 3.05) is 6.54 Å². The summed E-state index contributed by atoms with van der Waals surface area (Å²) in [4.78, 5) is 14.3. The Morgan fingerprint density at radius 1 is 0.920 bits per heavy atom. The van der Waals surface area contributed by atoms with Gasteiger partial charge in [0.15, 0.2) is 0 Å². The van der Waals surface area contributed by atoms with E-state index in [0.717, 1.165) is 32.5 Å². The van der Waals surface area contributed by atoms with Gasteiger partial charge in [0.05, 0.1) is 0 Å². The smallest absolute Gasteiger partial charge is 0.221 e. The summed E-state index contributed by atoms with van der Waals surface area (Å²) in [6.07, 6.45) is 2.85. The van der Waals surface area contributed by atoms with Crippen LogP contribution in [0.5, 0.6) is 0 Å². The zero-order chi connectivity index (χ0) is 17.9. The Morgan fingerprint density at radius 3 is 1.84 bits per heavy atom. The maximum Gasteiger partial charge on any atom is 0.221 e. The highest BCUT2D eigenvalue weighted by Crippen LogP contribution is 2.18. The third-order valence-electron chi connectivity index (χ3n) is 4.10. The minimum Gasteiger partial charge on any atom is -0.353 e. The summed E-state index contributed by atoms with van der Waals surface area (Å²) in [6, 6.07) is 21.3. The summed E-state index contributed by atoms with van der Waals surface area (Å²) in [5.74, 6) is 0.179. The summed E-state index contributed by atoms with van der Waals surface area (Å²) in [6.45, 7) is 6.52. The molecule has 1 fully saturated rings. The van der Waals surface area contributed by atoms with Crippen molar-refractivity contribution in [1.29, 1.82) is 0 Å². The van der Waals surface area contributed by atoms with E-state index in [0.29, 0.717) is 12.5 Å². The predicted molar refractivity (Wildman–Crippen MR) is 104 cm³/mol. The van der Waals surface area contributed by atoms with Crippen LogP contribution in [0.4, 0.5) is 0 Å². The fraction of sp³-hybridized carbons (Fsp3) is 0.409. The monoisotopic (exact) mass is 338 g/mol. The molecule has 0 aromatic heterocycles. The van der Waals surface area contributed by atoms with Gasteiger partial charge in [0.2, 0.25) is 5.91 Å². The molecule has 1 aliphatic carbocycles. The molecule has 1 amide bonds. The molecule has 0 heterocycles. The normalized spacial score (nSPS) is 13.1. The molecule has 3 heteroatoms. The molecule has 0 unspecified atom stereocenters. The van der Waals surface area contributed by atoms with Gasteiger partial charge in [-0.3, -0.25) is 9.69 Å². The van der Waals surface area contributed by atoms with Crippen LogP contribution in [0.15, 0.2) is 60.7 Å². The minimum absolute atomic E-state index is 0.179. The molecule has 1 saturated carbocycles. The Hall–Kier alpha value is -2.13. The molecule has 0 saturated heterocycles. The number of carbonyl (C=O) groups is 1. The van der Waals surface area contributed by atoms with Crippen molar-refractivity contribution in [3.05, 3.63) is 71.8 Å². The Kier molecular flexibility index (Phi) is 8.20. The van der Waals surface area contributed by atoms with E-state index in [2.05, 4.69) is 58.7 Å². The lowest BCUT2D eigenvalue weighted by Gasteiger charge is -2.22. The molecule has 0 spiro atoms. The molecular formula is C22H30N2O. The van der Waals surface area contributed by atoms with Crippen molar-refractivity contribution in [3.8, 4) is 0 Å². The Bertz CT molecular complexity index is 567. The van der Waals surface area contributed by atoms with E-state index >= 15 is 0 Å². The maximum atomic E-state index is 12.0. The van der Waals surface area contributed by atoms with Gasteiger partial charge in [0, 0.05) is 32.1 Å². The summed E-state index contributed by atoms with van der Waals surface area (Å²) < 4.78 is 0. The average Bonchev–Trinajstić information content (AvgIpc) is 3.47. The van der Waals surface area contributed by atoms with E-state index in [1.165, 1.54) is 11.1 Å². The lowest BCUT2D eigenvalue weighted by molar-refractivity contribution is -0.121. The quantitative estimate of drug-likeness (QED) is 0.774. The second-order valence-electron chi connectivity index (χ2n) is 6.27. The van der Waals surface area contributed by atoms with E-state index in [4.69, 9.17) is 0 Å². The number of nitrogens with one attached hydrogen (secondary N) is 1. The second-order valence-corrected chi connectivity index (χ2v) is 6.27. The minimum atomic E-state index is 0.179. The van der Waals surface area contributed by atoms with Crippen molar-refractivity contribution in [1.82, 2.24) is 10.2 Å². The molecule has 2 aromatic carbocycles. The van der Waals surface area contributed by atoms with Crippen LogP contribution in [0.2, 0.25) is 0 Å². The van der Waals surface area contributed by atoms with E-state index in [1.807, 2.05) is 26.0 Å². The third-order valence-corrected chi connectivity index (χ3v) is 4.10. The lowest BCUT2D eigenvalue weighted by Crippen LogP contribution is -2.31. The van der Waals surface area contributed by atoms with E-state index in [1.54, 1.807) is 0 Å². The van der Waals surface area contributed by atoms with Crippen LogP contribution in [0.3, 0.4) is 0 Å². The number of benzene rings is 2. The predicted octanol–water partition coefficient (Wildman–Crippen LogP) is 4.38. The molecule has 2 aromatic rings. The van der Waals surface area contributed by atoms with E-state index < -0.39 is 0 Å². The molecule has 0 atom stereocenters. The van der Waals surface area contributed by atoms with Gasteiger partial charge < -0.3 is 5.32 Å². The summed E-state index contributed by atoms with van der Waals surface area (Å²) >= 11 is 0. The molecular weight excluding hydrogens is 308 g/mol. The molecule has 25 heavy (non-hydrogen) atoms. The molecule has 1 N–H and O–H groups in total. The highest BCUT2D eigenvalue weighted by molar-refractivity contribution is 5.76. The largest absolute Gasteiger partial charge is 0.353 e. The fourth-order valence-electron chi connectivity index (χ4n) is 2.68. The van der Waals surface area contributed by atoms with Crippen LogP contribution in [-0.2, 0) is 17.9 Å². The Morgan fingerprint density at radius 2 is 1.40 bits per heavy atom. The number of rotatable bonds is 8. The maximum absolute atomic E-state index is 12.0. The first-order valence-electron chi connectivity index (χ1n) is 9.39. The highest BCUT2D eigenvalue weighted by Gasteiger charge is 2.23. The molecule has 1 aliphatic rings. The third kappa shape index (κ3) is 7.53. The fourth-order valence-corrected chi connectivity index (χ4v) is 2.68. The number of hydrogen-bond donors (Lipinski definition) is 1. The summed E-state index contributed by atoms with van der Waals surface area (Å²) in [5, 5.41) is 3.07. The van der Waals surface area contributed by atoms with E-state index in [9.17, 15) is 4.79 Å². The molecule has 3 rings (SSSR count). The van der Waals surface area contributed by atoms with Crippen molar-refractivity contribution in [3.63, 3.8) is 0 Å². The van der Waals surface area contributed by atoms with Gasteiger partial charge in [0.1, 0.15) is 0 Å². The number of nitrogens with zero attached hydrogens (tertiary/aromatic N) is 1. The molecule has 0 bridgehead atoms. The molecule has 0 radical (unpaired) electrons. The van der Waals surface area contributed by atoms with Gasteiger partial charge in [-0.25, -0.2) is 0 Å². The number of amides is 1. The van der Waals surface area contributed by atoms with Crippen LogP contribution in [0.25, 0.3) is 0 Å². The van der Waals surface area contributed by atoms with Gasteiger partial charge >= 0.3 is 0 Å². The van der Waals surface area contributed by atoms with Crippen LogP contribution in [0, 0.1) is 0 Å². The van der Waals surface area contributed by atoms with E-state index in [-0.39, 0.29) is 5.91 Å². The SMILES string of the molecule is CC.O=C(CCN(Cc1ccccc1)Cc1ccccc1)NC1CC1. The first kappa shape index (κ1) is 19.2. The van der Waals surface area contributed by atoms with Gasteiger partial charge in [-0.15, -0.1) is 0 Å². The van der Waals surface area contributed by atoms with Crippen LogP contribution >= 0.6 is 0 Å². The zero-order valence-corrected chi connectivity index (χ0v) is 15.4. The van der Waals surface area contributed by atoms with Crippen molar-refractivity contribution in [2.45, 2.75) is 52.2 Å². The van der Waals surface area contributed by atoms with Gasteiger partial charge in [-0.1, -0.05) is 74.5 Å². The Balaban J connectivity index is 0.00000109. The van der Waals surface area contributed by atoms with Crippen molar-refractivity contribution < 1.29 is 4.79 Å². The zero-order valence-electron chi connectivity index (χ0n) is 15.4. The average molecular weight is 338 g/mol. The topological polar surface area (TPSA) is 32.3 Å². The van der Waals surface area contributed by atoms with Crippen LogP contribution < -0.4 is 5.32 Å². The summed E-state index contributed by atoms with van der Waals surface area (Å²) in [7, 11) is 0. The van der Waals surface area contributed by atoms with Crippen LogP contribution in [0.1, 0.15) is 44.2 Å². The first-order chi connectivity index (χ1) is 12.3. The van der Waals surface area contributed by atoms with Gasteiger partial charge in [0.25, 0.3) is 0 Å². The highest BCUT2D eigenvalue weighted by atomic mass is 16.1. The van der Waals surface area contributed by atoms with Crippen molar-refractivity contribution in [2.24, 2.45) is 0 Å². The Labute approximate surface area is 152 Å². The van der Waals surface area contributed by atoms with Gasteiger partial charge in [-0.05, 0) is 24.0 Å². The number of hydrogen-bond acceptors (Lipinski definition) is 2. The van der Waals surface area contributed by atoms with Gasteiger partial charge in [-0.2, -0.15) is 0 Å². The molecule has 0 aliphatic heterocycles. The summed E-state index contributed by atoms with van der Waals surface area (Å²) in [5.41, 5.74) is 2.57. The first-order valence-corrected chi connectivity index (χ1v) is 9.39. The molecule has 3 nitrogen and oxygen atoms in total. The lowest BCUT2D eigenvalue weighted by atomic mass is 10.1. The second kappa shape index (κ2) is 10.7. The standard InChI is InChI=1S/C20H24N2O.C2H6/c23-20(21-19-11-12-19)13-14-22(15-17-7-3-1-4-8-17)16-18-9-5-2-6-10-18;1-2/h1-10,19H,11-16H2,(H,21,23);1-2H3. The number of carbonyl (C=O) groups excluding carboxylic acids is 1. The van der Waals surface area contributed by atoms with Crippen molar-refractivity contribution >= 4 is 5.91 Å². The van der Waals surface area contributed by atoms with Crippen LogP contribution in [-0.4, -0.2) is 23.4 Å².